The van der Waals surface area contributed by atoms with E-state index >= 15 is 0 Å². The van der Waals surface area contributed by atoms with Crippen molar-refractivity contribution in [2.45, 2.75) is 37.4 Å². The van der Waals surface area contributed by atoms with Crippen LogP contribution in [-0.4, -0.2) is 61.9 Å². The first kappa shape index (κ1) is 15.6. The fourth-order valence-corrected chi connectivity index (χ4v) is 4.32. The highest BCUT2D eigenvalue weighted by Gasteiger charge is 2.42. The van der Waals surface area contributed by atoms with Crippen molar-refractivity contribution in [3.05, 3.63) is 0 Å². The highest BCUT2D eigenvalue weighted by Crippen LogP contribution is 2.41. The van der Waals surface area contributed by atoms with Gasteiger partial charge in [0.2, 0.25) is 0 Å². The molecule has 0 aromatic carbocycles. The third-order valence-corrected chi connectivity index (χ3v) is 5.36. The molecule has 4 nitrogen and oxygen atoms in total. The summed E-state index contributed by atoms with van der Waals surface area (Å²) in [5.74, 6) is 2.67. The second-order valence-corrected chi connectivity index (χ2v) is 6.65. The van der Waals surface area contributed by atoms with Gasteiger partial charge in [-0.05, 0) is 37.4 Å². The average molecular weight is 290 g/mol. The zero-order chi connectivity index (χ0) is 13.6. The number of thioether (sulfide) groups is 1. The molecule has 0 saturated carbocycles. The lowest BCUT2D eigenvalue weighted by Crippen LogP contribution is -2.43. The smallest absolute Gasteiger partial charge is 0.0783 e. The Labute approximate surface area is 120 Å². The van der Waals surface area contributed by atoms with Crippen molar-refractivity contribution in [1.29, 1.82) is 0 Å². The van der Waals surface area contributed by atoms with Crippen molar-refractivity contribution in [2.75, 3.05) is 45.0 Å². The lowest BCUT2D eigenvalue weighted by atomic mass is 9.81. The van der Waals surface area contributed by atoms with Crippen molar-refractivity contribution >= 4 is 11.8 Å². The van der Waals surface area contributed by atoms with E-state index in [1.54, 1.807) is 7.11 Å². The standard InChI is InChI=1S/C14H26O4S/c1-16-7-8-17-5-3-13(15)12-2-6-18-14(10-12)4-9-19-11-14/h12-13,15H,2-11H2,1H3. The Kier molecular flexibility index (Phi) is 6.42. The Balaban J connectivity index is 1.68. The fourth-order valence-electron chi connectivity index (χ4n) is 2.94. The molecule has 0 amide bonds. The van der Waals surface area contributed by atoms with Gasteiger partial charge in [0.15, 0.2) is 0 Å². The summed E-state index contributed by atoms with van der Waals surface area (Å²) in [6.07, 6.45) is 3.60. The van der Waals surface area contributed by atoms with Gasteiger partial charge in [-0.3, -0.25) is 0 Å². The lowest BCUT2D eigenvalue weighted by Gasteiger charge is -2.39. The predicted octanol–water partition coefficient (Wildman–Crippen LogP) is 1.70. The second kappa shape index (κ2) is 7.84. The van der Waals surface area contributed by atoms with E-state index in [0.29, 0.717) is 25.7 Å². The SMILES string of the molecule is COCCOCCC(O)C1CCOC2(CCSC2)C1. The van der Waals surface area contributed by atoms with Crippen LogP contribution in [0.25, 0.3) is 0 Å². The molecule has 0 bridgehead atoms. The molecular weight excluding hydrogens is 264 g/mol. The zero-order valence-corrected chi connectivity index (χ0v) is 12.6. The second-order valence-electron chi connectivity index (χ2n) is 5.55. The van der Waals surface area contributed by atoms with Crippen LogP contribution in [0.1, 0.15) is 25.7 Å². The van der Waals surface area contributed by atoms with E-state index in [2.05, 4.69) is 0 Å². The molecule has 5 heteroatoms. The number of aliphatic hydroxyl groups excluding tert-OH is 1. The van der Waals surface area contributed by atoms with Crippen LogP contribution in [0.4, 0.5) is 0 Å². The van der Waals surface area contributed by atoms with Gasteiger partial charge in [0.1, 0.15) is 0 Å². The third-order valence-electron chi connectivity index (χ3n) is 4.13. The minimum Gasteiger partial charge on any atom is -0.393 e. The number of hydrogen-bond acceptors (Lipinski definition) is 5. The minimum atomic E-state index is -0.256. The molecule has 2 heterocycles. The largest absolute Gasteiger partial charge is 0.393 e. The van der Waals surface area contributed by atoms with Crippen LogP contribution in [0, 0.1) is 5.92 Å². The number of aliphatic hydroxyl groups is 1. The van der Waals surface area contributed by atoms with Crippen LogP contribution in [0.5, 0.6) is 0 Å². The molecule has 0 aromatic heterocycles. The summed E-state index contributed by atoms with van der Waals surface area (Å²) >= 11 is 1.97. The molecular formula is C14H26O4S. The average Bonchev–Trinajstić information content (AvgIpc) is 2.86. The molecule has 2 fully saturated rings. The normalized spacial score (nSPS) is 32.8. The Bertz CT molecular complexity index is 256. The van der Waals surface area contributed by atoms with E-state index in [-0.39, 0.29) is 11.7 Å². The summed E-state index contributed by atoms with van der Waals surface area (Å²) in [4.78, 5) is 0. The Hall–Kier alpha value is 0.190. The minimum absolute atomic E-state index is 0.0610. The Morgan fingerprint density at radius 2 is 2.32 bits per heavy atom. The van der Waals surface area contributed by atoms with Crippen molar-refractivity contribution in [2.24, 2.45) is 5.92 Å². The zero-order valence-electron chi connectivity index (χ0n) is 11.8. The van der Waals surface area contributed by atoms with Crippen molar-refractivity contribution < 1.29 is 19.3 Å². The highest BCUT2D eigenvalue weighted by atomic mass is 32.2. The van der Waals surface area contributed by atoms with Gasteiger partial charge >= 0.3 is 0 Å². The van der Waals surface area contributed by atoms with Crippen molar-refractivity contribution in [3.63, 3.8) is 0 Å². The summed E-state index contributed by atoms with van der Waals surface area (Å²) in [6.45, 7) is 2.64. The molecule has 2 rings (SSSR count). The van der Waals surface area contributed by atoms with Gasteiger partial charge in [-0.2, -0.15) is 11.8 Å². The molecule has 112 valence electrons. The van der Waals surface area contributed by atoms with Gasteiger partial charge in [-0.25, -0.2) is 0 Å². The summed E-state index contributed by atoms with van der Waals surface area (Å²) < 4.78 is 16.3. The van der Waals surface area contributed by atoms with Crippen molar-refractivity contribution in [3.8, 4) is 0 Å². The van der Waals surface area contributed by atoms with E-state index in [1.807, 2.05) is 11.8 Å². The number of rotatable bonds is 7. The van der Waals surface area contributed by atoms with E-state index in [4.69, 9.17) is 14.2 Å². The molecule has 19 heavy (non-hydrogen) atoms. The van der Waals surface area contributed by atoms with Crippen LogP contribution in [-0.2, 0) is 14.2 Å². The van der Waals surface area contributed by atoms with Crippen LogP contribution in [0.3, 0.4) is 0 Å². The molecule has 0 radical (unpaired) electrons. The third kappa shape index (κ3) is 4.60. The molecule has 3 atom stereocenters. The fraction of sp³-hybridized carbons (Fsp3) is 1.00. The Morgan fingerprint density at radius 1 is 1.42 bits per heavy atom. The summed E-state index contributed by atoms with van der Waals surface area (Å²) in [5.41, 5.74) is 0.0610. The van der Waals surface area contributed by atoms with Crippen LogP contribution < -0.4 is 0 Å². The van der Waals surface area contributed by atoms with Gasteiger partial charge in [-0.1, -0.05) is 0 Å². The van der Waals surface area contributed by atoms with E-state index in [0.717, 1.165) is 38.0 Å². The first-order valence-electron chi connectivity index (χ1n) is 7.22. The van der Waals surface area contributed by atoms with Crippen LogP contribution >= 0.6 is 11.8 Å². The highest BCUT2D eigenvalue weighted by molar-refractivity contribution is 7.99. The number of ether oxygens (including phenoxy) is 3. The molecule has 1 spiro atoms. The molecule has 2 aliphatic heterocycles. The van der Waals surface area contributed by atoms with Gasteiger partial charge in [0.25, 0.3) is 0 Å². The summed E-state index contributed by atoms with van der Waals surface area (Å²) in [5, 5.41) is 10.3. The molecule has 2 saturated heterocycles. The van der Waals surface area contributed by atoms with Gasteiger partial charge < -0.3 is 19.3 Å². The first-order chi connectivity index (χ1) is 9.26. The topological polar surface area (TPSA) is 47.9 Å². The first-order valence-corrected chi connectivity index (χ1v) is 8.38. The van der Waals surface area contributed by atoms with Crippen molar-refractivity contribution in [1.82, 2.24) is 0 Å². The molecule has 0 aliphatic carbocycles. The van der Waals surface area contributed by atoms with Crippen LogP contribution in [0.15, 0.2) is 0 Å². The molecule has 3 unspecified atom stereocenters. The van der Waals surface area contributed by atoms with E-state index in [9.17, 15) is 5.11 Å². The maximum absolute atomic E-state index is 10.3. The molecule has 0 aromatic rings. The van der Waals surface area contributed by atoms with Gasteiger partial charge in [0.05, 0.1) is 24.9 Å². The van der Waals surface area contributed by atoms with E-state index < -0.39 is 0 Å². The maximum atomic E-state index is 10.3. The van der Waals surface area contributed by atoms with Gasteiger partial charge in [-0.15, -0.1) is 0 Å². The lowest BCUT2D eigenvalue weighted by molar-refractivity contribution is -0.104. The predicted molar refractivity (Wildman–Crippen MR) is 76.7 cm³/mol. The molecule has 2 aliphatic rings. The summed E-state index contributed by atoms with van der Waals surface area (Å²) in [6, 6.07) is 0. The number of methoxy groups -OCH3 is 1. The monoisotopic (exact) mass is 290 g/mol. The van der Waals surface area contributed by atoms with Gasteiger partial charge in [0, 0.05) is 26.1 Å². The number of hydrogen-bond donors (Lipinski definition) is 1. The molecule has 1 N–H and O–H groups in total. The summed E-state index contributed by atoms with van der Waals surface area (Å²) in [7, 11) is 1.67. The van der Waals surface area contributed by atoms with Crippen LogP contribution in [0.2, 0.25) is 0 Å². The maximum Gasteiger partial charge on any atom is 0.0783 e. The quantitative estimate of drug-likeness (QED) is 0.723. The van der Waals surface area contributed by atoms with E-state index in [1.165, 1.54) is 5.75 Å². The Morgan fingerprint density at radius 3 is 3.05 bits per heavy atom.